The highest BCUT2D eigenvalue weighted by atomic mass is 16.3. The molecule has 0 radical (unpaired) electrons. The summed E-state index contributed by atoms with van der Waals surface area (Å²) in [7, 11) is 0. The van der Waals surface area contributed by atoms with E-state index in [0.717, 1.165) is 18.5 Å². The number of nitrogens with zero attached hydrogens (tertiary/aromatic N) is 1. The van der Waals surface area contributed by atoms with Gasteiger partial charge >= 0.3 is 0 Å². The smallest absolute Gasteiger partial charge is 0.124 e. The van der Waals surface area contributed by atoms with Gasteiger partial charge in [0.2, 0.25) is 0 Å². The van der Waals surface area contributed by atoms with Crippen molar-refractivity contribution in [3.8, 4) is 0 Å². The molecule has 1 aliphatic rings. The molecule has 2 heterocycles. The summed E-state index contributed by atoms with van der Waals surface area (Å²) in [6, 6.07) is 0. The Morgan fingerprint density at radius 3 is 3.25 bits per heavy atom. The number of aromatic nitrogens is 1. The van der Waals surface area contributed by atoms with Crippen LogP contribution in [0, 0.1) is 6.92 Å². The van der Waals surface area contributed by atoms with E-state index in [1.54, 1.807) is 6.20 Å². The lowest BCUT2D eigenvalue weighted by atomic mass is 10.0. The lowest BCUT2D eigenvalue weighted by Gasteiger charge is -2.23. The molecule has 64 valence electrons. The number of fused-ring (bicyclic) bond motifs is 1. The zero-order valence-electron chi connectivity index (χ0n) is 7.04. The average molecular weight is 164 g/mol. The second-order valence-corrected chi connectivity index (χ2v) is 3.18. The molecule has 0 aliphatic carbocycles. The fourth-order valence-corrected chi connectivity index (χ4v) is 1.58. The Hall–Kier alpha value is -1.09. The van der Waals surface area contributed by atoms with Crippen LogP contribution in [-0.4, -0.2) is 16.3 Å². The maximum atomic E-state index is 9.31. The average Bonchev–Trinajstić information content (AvgIpc) is 2.04. The molecule has 0 amide bonds. The van der Waals surface area contributed by atoms with Gasteiger partial charge in [0, 0.05) is 6.20 Å². The van der Waals surface area contributed by atoms with E-state index in [-0.39, 0.29) is 0 Å². The van der Waals surface area contributed by atoms with Crippen LogP contribution in [0.5, 0.6) is 0 Å². The summed E-state index contributed by atoms with van der Waals surface area (Å²) in [5.41, 5.74) is 3.47. The molecule has 0 aromatic carbocycles. The zero-order chi connectivity index (χ0) is 8.55. The molecule has 1 aromatic heterocycles. The van der Waals surface area contributed by atoms with Gasteiger partial charge in [0.15, 0.2) is 0 Å². The molecule has 2 rings (SSSR count). The fourth-order valence-electron chi connectivity index (χ4n) is 1.58. The number of rotatable bonds is 0. The number of pyridine rings is 1. The predicted octanol–water partition coefficient (Wildman–Crippen LogP) is 1.07. The van der Waals surface area contributed by atoms with Gasteiger partial charge in [-0.15, -0.1) is 0 Å². The van der Waals surface area contributed by atoms with E-state index in [1.807, 2.05) is 13.1 Å². The molecule has 0 bridgehead atoms. The second-order valence-electron chi connectivity index (χ2n) is 3.18. The van der Waals surface area contributed by atoms with Crippen LogP contribution in [0.25, 0.3) is 0 Å². The minimum Gasteiger partial charge on any atom is -0.374 e. The van der Waals surface area contributed by atoms with E-state index in [4.69, 9.17) is 0 Å². The molecule has 3 heteroatoms. The van der Waals surface area contributed by atoms with Gasteiger partial charge in [-0.2, -0.15) is 0 Å². The Morgan fingerprint density at radius 1 is 1.58 bits per heavy atom. The summed E-state index contributed by atoms with van der Waals surface area (Å²) in [5.74, 6) is 0. The molecule has 1 atom stereocenters. The molecule has 12 heavy (non-hydrogen) atoms. The van der Waals surface area contributed by atoms with Crippen LogP contribution >= 0.6 is 0 Å². The number of hydrogen-bond donors (Lipinski definition) is 2. The normalized spacial score (nSPS) is 21.3. The summed E-state index contributed by atoms with van der Waals surface area (Å²) in [6.07, 6.45) is 4.96. The Morgan fingerprint density at radius 2 is 2.42 bits per heavy atom. The number of anilines is 1. The molecule has 1 aliphatic heterocycles. The van der Waals surface area contributed by atoms with Crippen LogP contribution in [-0.2, 0) is 6.42 Å². The van der Waals surface area contributed by atoms with Crippen molar-refractivity contribution in [3.05, 3.63) is 23.5 Å². The molecule has 0 fully saturated rings. The topological polar surface area (TPSA) is 45.2 Å². The zero-order valence-corrected chi connectivity index (χ0v) is 7.04. The highest BCUT2D eigenvalue weighted by Crippen LogP contribution is 2.25. The van der Waals surface area contributed by atoms with Gasteiger partial charge in [-0.05, 0) is 30.9 Å². The van der Waals surface area contributed by atoms with Crippen LogP contribution in [0.3, 0.4) is 0 Å². The van der Waals surface area contributed by atoms with Crippen molar-refractivity contribution in [2.45, 2.75) is 26.0 Å². The predicted molar refractivity (Wildman–Crippen MR) is 46.9 cm³/mol. The monoisotopic (exact) mass is 164 g/mol. The van der Waals surface area contributed by atoms with Gasteiger partial charge in [0.05, 0.1) is 11.9 Å². The summed E-state index contributed by atoms with van der Waals surface area (Å²) in [4.78, 5) is 4.06. The first kappa shape index (κ1) is 7.55. The number of aliphatic hydroxyl groups excluding tert-OH is 1. The van der Waals surface area contributed by atoms with E-state index >= 15 is 0 Å². The first-order valence-electron chi connectivity index (χ1n) is 4.15. The van der Waals surface area contributed by atoms with Gasteiger partial charge in [-0.1, -0.05) is 0 Å². The van der Waals surface area contributed by atoms with Crippen molar-refractivity contribution in [2.75, 3.05) is 5.32 Å². The minimum atomic E-state index is -0.402. The van der Waals surface area contributed by atoms with Crippen LogP contribution in [0.2, 0.25) is 0 Å². The van der Waals surface area contributed by atoms with E-state index in [0.29, 0.717) is 0 Å². The van der Waals surface area contributed by atoms with Crippen LogP contribution in [0.1, 0.15) is 17.5 Å². The summed E-state index contributed by atoms with van der Waals surface area (Å²) in [5, 5.41) is 12.3. The van der Waals surface area contributed by atoms with Gasteiger partial charge in [0.1, 0.15) is 6.23 Å². The Bertz CT molecular complexity index is 299. The quantitative estimate of drug-likeness (QED) is 0.602. The molecule has 0 saturated heterocycles. The maximum Gasteiger partial charge on any atom is 0.124 e. The lowest BCUT2D eigenvalue weighted by molar-refractivity contribution is 0.189. The molecular weight excluding hydrogens is 152 g/mol. The minimum absolute atomic E-state index is 0.402. The SMILES string of the molecule is Cc1cncc2c1CCC(O)N2. The van der Waals surface area contributed by atoms with E-state index in [9.17, 15) is 5.11 Å². The highest BCUT2D eigenvalue weighted by Gasteiger charge is 2.16. The van der Waals surface area contributed by atoms with Gasteiger partial charge in [0.25, 0.3) is 0 Å². The highest BCUT2D eigenvalue weighted by molar-refractivity contribution is 5.54. The van der Waals surface area contributed by atoms with Crippen molar-refractivity contribution in [1.29, 1.82) is 0 Å². The molecule has 3 nitrogen and oxygen atoms in total. The Balaban J connectivity index is 2.42. The third-order valence-electron chi connectivity index (χ3n) is 2.26. The van der Waals surface area contributed by atoms with Crippen LogP contribution < -0.4 is 5.32 Å². The summed E-state index contributed by atoms with van der Waals surface area (Å²) < 4.78 is 0. The fraction of sp³-hybridized carbons (Fsp3) is 0.444. The van der Waals surface area contributed by atoms with Crippen molar-refractivity contribution >= 4 is 5.69 Å². The number of aliphatic hydroxyl groups is 1. The van der Waals surface area contributed by atoms with Gasteiger partial charge < -0.3 is 10.4 Å². The molecular formula is C9H12N2O. The third-order valence-corrected chi connectivity index (χ3v) is 2.26. The standard InChI is InChI=1S/C9H12N2O/c1-6-4-10-5-8-7(6)2-3-9(12)11-8/h4-5,9,11-12H,2-3H2,1H3. The number of nitrogens with one attached hydrogen (secondary N) is 1. The van der Waals surface area contributed by atoms with Gasteiger partial charge in [-0.25, -0.2) is 0 Å². The second kappa shape index (κ2) is 2.75. The Kier molecular flexibility index (Phi) is 1.73. The van der Waals surface area contributed by atoms with E-state index < -0.39 is 6.23 Å². The first-order valence-corrected chi connectivity index (χ1v) is 4.15. The summed E-state index contributed by atoms with van der Waals surface area (Å²) >= 11 is 0. The van der Waals surface area contributed by atoms with Crippen molar-refractivity contribution in [1.82, 2.24) is 4.98 Å². The molecule has 1 unspecified atom stereocenters. The number of hydrogen-bond acceptors (Lipinski definition) is 3. The van der Waals surface area contributed by atoms with Crippen molar-refractivity contribution in [3.63, 3.8) is 0 Å². The molecule has 0 spiro atoms. The maximum absolute atomic E-state index is 9.31. The first-order chi connectivity index (χ1) is 5.77. The largest absolute Gasteiger partial charge is 0.374 e. The van der Waals surface area contributed by atoms with Crippen LogP contribution in [0.4, 0.5) is 5.69 Å². The van der Waals surface area contributed by atoms with Crippen LogP contribution in [0.15, 0.2) is 12.4 Å². The summed E-state index contributed by atoms with van der Waals surface area (Å²) in [6.45, 7) is 2.05. The number of aryl methyl sites for hydroxylation is 1. The molecule has 1 aromatic rings. The Labute approximate surface area is 71.4 Å². The molecule has 0 saturated carbocycles. The van der Waals surface area contributed by atoms with Gasteiger partial charge in [-0.3, -0.25) is 4.98 Å². The van der Waals surface area contributed by atoms with Crippen molar-refractivity contribution in [2.24, 2.45) is 0 Å². The van der Waals surface area contributed by atoms with E-state index in [1.165, 1.54) is 11.1 Å². The molecule has 2 N–H and O–H groups in total. The van der Waals surface area contributed by atoms with E-state index in [2.05, 4.69) is 10.3 Å². The lowest BCUT2D eigenvalue weighted by Crippen LogP contribution is -2.25. The van der Waals surface area contributed by atoms with Crippen molar-refractivity contribution < 1.29 is 5.11 Å². The third kappa shape index (κ3) is 1.16.